The van der Waals surface area contributed by atoms with E-state index in [-0.39, 0.29) is 16.5 Å². The van der Waals surface area contributed by atoms with Crippen molar-refractivity contribution < 1.29 is 13.9 Å². The van der Waals surface area contributed by atoms with Crippen molar-refractivity contribution in [1.29, 1.82) is 0 Å². The molecule has 3 aromatic heterocycles. The first-order valence-electron chi connectivity index (χ1n) is 7.23. The summed E-state index contributed by atoms with van der Waals surface area (Å²) in [5.74, 6) is -2.20. The van der Waals surface area contributed by atoms with Crippen LogP contribution in [0.2, 0.25) is 0 Å². The molecule has 0 aliphatic carbocycles. The molecule has 0 saturated heterocycles. The van der Waals surface area contributed by atoms with Crippen LogP contribution in [0.25, 0.3) is 38.1 Å². The summed E-state index contributed by atoms with van der Waals surface area (Å²) in [6.07, 6.45) is 1.55. The van der Waals surface area contributed by atoms with Crippen LogP contribution in [0, 0.1) is 11.6 Å². The molecule has 5 aromatic rings. The van der Waals surface area contributed by atoms with E-state index in [0.29, 0.717) is 21.9 Å². The number of rotatable bonds is 0. The average molecular weight is 322 g/mol. The van der Waals surface area contributed by atoms with Crippen molar-refractivity contribution in [2.45, 2.75) is 0 Å². The summed E-state index contributed by atoms with van der Waals surface area (Å²) in [6.45, 7) is 0. The number of hydrogen-bond acceptors (Lipinski definition) is 3. The molecule has 0 spiro atoms. The molecule has 6 heteroatoms. The maximum Gasteiger partial charge on any atom is 0.266 e. The zero-order valence-electron chi connectivity index (χ0n) is 12.0. The highest BCUT2D eigenvalue weighted by Crippen LogP contribution is 2.34. The fraction of sp³-hybridized carbons (Fsp3) is 0. The molecule has 0 bridgehead atoms. The third kappa shape index (κ3) is 1.40. The second kappa shape index (κ2) is 4.17. The minimum atomic E-state index is -1.18. The molecule has 0 saturated carbocycles. The summed E-state index contributed by atoms with van der Waals surface area (Å²) in [5.41, 5.74) is 0.808. The van der Waals surface area contributed by atoms with Gasteiger partial charge in [0.25, 0.3) is 5.56 Å². The van der Waals surface area contributed by atoms with Gasteiger partial charge in [0.05, 0.1) is 21.9 Å². The van der Waals surface area contributed by atoms with Gasteiger partial charge in [0.15, 0.2) is 11.6 Å². The number of aromatic nitrogens is 2. The molecule has 0 aliphatic heterocycles. The number of halogens is 2. The lowest BCUT2D eigenvalue weighted by atomic mass is 10.1. The molecule has 24 heavy (non-hydrogen) atoms. The van der Waals surface area contributed by atoms with Gasteiger partial charge < -0.3 is 5.11 Å². The van der Waals surface area contributed by atoms with Gasteiger partial charge in [-0.15, -0.1) is 0 Å². The van der Waals surface area contributed by atoms with E-state index in [2.05, 4.69) is 4.98 Å². The number of pyridine rings is 2. The average Bonchev–Trinajstić information content (AvgIpc) is 2.90. The number of phenols is 1. The second-order valence-corrected chi connectivity index (χ2v) is 5.68. The first kappa shape index (κ1) is 13.2. The van der Waals surface area contributed by atoms with Crippen LogP contribution in [-0.2, 0) is 0 Å². The SMILES string of the molecule is O=c1c2c(F)c(F)ccc2c2nccc3c4cc(O)ccc4n1c32. The Morgan fingerprint density at radius 1 is 1.00 bits per heavy atom. The highest BCUT2D eigenvalue weighted by Gasteiger charge is 2.21. The van der Waals surface area contributed by atoms with Crippen LogP contribution in [0.3, 0.4) is 0 Å². The normalized spacial score (nSPS) is 12.1. The first-order valence-corrected chi connectivity index (χ1v) is 7.23. The Labute approximate surface area is 132 Å². The molecule has 5 rings (SSSR count). The smallest absolute Gasteiger partial charge is 0.266 e. The van der Waals surface area contributed by atoms with Crippen molar-refractivity contribution in [2.75, 3.05) is 0 Å². The lowest BCUT2D eigenvalue weighted by molar-refractivity contribution is 0.476. The second-order valence-electron chi connectivity index (χ2n) is 5.68. The molecule has 1 N–H and O–H groups in total. The monoisotopic (exact) mass is 322 g/mol. The van der Waals surface area contributed by atoms with Gasteiger partial charge in [-0.1, -0.05) is 0 Å². The highest BCUT2D eigenvalue weighted by atomic mass is 19.2. The van der Waals surface area contributed by atoms with E-state index in [9.17, 15) is 18.7 Å². The van der Waals surface area contributed by atoms with E-state index in [4.69, 9.17) is 0 Å². The molecule has 0 atom stereocenters. The van der Waals surface area contributed by atoms with Gasteiger partial charge in [0.2, 0.25) is 0 Å². The van der Waals surface area contributed by atoms with Gasteiger partial charge in [0.1, 0.15) is 5.75 Å². The van der Waals surface area contributed by atoms with Gasteiger partial charge in [0, 0.05) is 22.4 Å². The van der Waals surface area contributed by atoms with Gasteiger partial charge >= 0.3 is 0 Å². The number of nitrogens with zero attached hydrogens (tertiary/aromatic N) is 2. The Kier molecular flexibility index (Phi) is 2.29. The summed E-state index contributed by atoms with van der Waals surface area (Å²) in [5, 5.41) is 11.1. The van der Waals surface area contributed by atoms with E-state index >= 15 is 0 Å². The van der Waals surface area contributed by atoms with Crippen LogP contribution in [-0.4, -0.2) is 14.5 Å². The van der Waals surface area contributed by atoms with Gasteiger partial charge in [-0.2, -0.15) is 0 Å². The first-order chi connectivity index (χ1) is 11.6. The number of aromatic hydroxyl groups is 1. The molecular formula is C18H8F2N2O2. The standard InChI is InChI=1S/C18H8F2N2O2/c19-12-3-2-10-14(15(12)20)18(24)22-13-4-1-8(23)7-11(13)9-5-6-21-16(10)17(9)22/h1-7,23H. The number of hydrogen-bond donors (Lipinski definition) is 1. The largest absolute Gasteiger partial charge is 0.508 e. The predicted molar refractivity (Wildman–Crippen MR) is 86.7 cm³/mol. The lowest BCUT2D eigenvalue weighted by Gasteiger charge is -2.06. The van der Waals surface area contributed by atoms with Crippen LogP contribution < -0.4 is 5.56 Å². The fourth-order valence-electron chi connectivity index (χ4n) is 3.43. The van der Waals surface area contributed by atoms with Crippen molar-refractivity contribution in [3.05, 3.63) is 64.6 Å². The molecule has 3 heterocycles. The Bertz CT molecular complexity index is 1360. The van der Waals surface area contributed by atoms with Crippen LogP contribution in [0.1, 0.15) is 0 Å². The van der Waals surface area contributed by atoms with E-state index in [1.54, 1.807) is 18.3 Å². The zero-order chi connectivity index (χ0) is 16.6. The molecular weight excluding hydrogens is 314 g/mol. The van der Waals surface area contributed by atoms with Gasteiger partial charge in [-0.05, 0) is 36.4 Å². The Hall–Kier alpha value is -3.28. The lowest BCUT2D eigenvalue weighted by Crippen LogP contribution is -2.15. The topological polar surface area (TPSA) is 54.6 Å². The molecule has 116 valence electrons. The van der Waals surface area contributed by atoms with Crippen molar-refractivity contribution in [2.24, 2.45) is 0 Å². The summed E-state index contributed by atoms with van der Waals surface area (Å²) < 4.78 is 29.3. The Morgan fingerprint density at radius 2 is 1.83 bits per heavy atom. The van der Waals surface area contributed by atoms with E-state index in [1.807, 2.05) is 0 Å². The predicted octanol–water partition coefficient (Wildman–Crippen LogP) is 3.58. The number of phenolic OH excluding ortho intramolecular Hbond substituents is 1. The minimum Gasteiger partial charge on any atom is -0.508 e. The fourth-order valence-corrected chi connectivity index (χ4v) is 3.43. The van der Waals surface area contributed by atoms with Crippen molar-refractivity contribution in [3.63, 3.8) is 0 Å². The zero-order valence-corrected chi connectivity index (χ0v) is 12.0. The van der Waals surface area contributed by atoms with Crippen LogP contribution in [0.15, 0.2) is 47.4 Å². The molecule has 0 aliphatic rings. The maximum absolute atomic E-state index is 14.3. The van der Waals surface area contributed by atoms with E-state index in [0.717, 1.165) is 11.5 Å². The van der Waals surface area contributed by atoms with Crippen LogP contribution in [0.5, 0.6) is 5.75 Å². The van der Waals surface area contributed by atoms with Crippen LogP contribution in [0.4, 0.5) is 8.78 Å². The van der Waals surface area contributed by atoms with E-state index < -0.39 is 17.2 Å². The highest BCUT2D eigenvalue weighted by molar-refractivity contribution is 6.18. The van der Waals surface area contributed by atoms with E-state index in [1.165, 1.54) is 22.6 Å². The molecule has 0 amide bonds. The summed E-state index contributed by atoms with van der Waals surface area (Å²) in [7, 11) is 0. The number of fused-ring (bicyclic) bond motifs is 5. The minimum absolute atomic E-state index is 0.0568. The Balaban J connectivity index is 2.26. The molecule has 4 nitrogen and oxygen atoms in total. The van der Waals surface area contributed by atoms with Crippen molar-refractivity contribution in [1.82, 2.24) is 9.38 Å². The quantitative estimate of drug-likeness (QED) is 0.443. The van der Waals surface area contributed by atoms with Crippen LogP contribution >= 0.6 is 0 Å². The maximum atomic E-state index is 14.3. The van der Waals surface area contributed by atoms with Crippen molar-refractivity contribution >= 4 is 38.1 Å². The summed E-state index contributed by atoms with van der Waals surface area (Å²) >= 11 is 0. The Morgan fingerprint density at radius 3 is 2.67 bits per heavy atom. The molecule has 2 aromatic carbocycles. The van der Waals surface area contributed by atoms with Crippen molar-refractivity contribution in [3.8, 4) is 5.75 Å². The van der Waals surface area contributed by atoms with Gasteiger partial charge in [-0.25, -0.2) is 8.78 Å². The molecule has 0 radical (unpaired) electrons. The number of benzene rings is 2. The molecule has 0 fully saturated rings. The summed E-state index contributed by atoms with van der Waals surface area (Å²) in [4.78, 5) is 17.2. The molecule has 0 unspecified atom stereocenters. The van der Waals surface area contributed by atoms with Gasteiger partial charge in [-0.3, -0.25) is 14.2 Å². The third-order valence-corrected chi connectivity index (χ3v) is 4.43. The summed E-state index contributed by atoms with van der Waals surface area (Å²) in [6, 6.07) is 8.66. The third-order valence-electron chi connectivity index (χ3n) is 4.43.